The number of nitrogens with zero attached hydrogens (tertiary/aromatic N) is 1. The van der Waals surface area contributed by atoms with E-state index in [2.05, 4.69) is 0 Å². The Balaban J connectivity index is 2.11. The first kappa shape index (κ1) is 12.0. The predicted molar refractivity (Wildman–Crippen MR) is 65.9 cm³/mol. The zero-order valence-corrected chi connectivity index (χ0v) is 9.83. The quantitative estimate of drug-likeness (QED) is 0.867. The molecule has 0 spiro atoms. The van der Waals surface area contributed by atoms with E-state index < -0.39 is 5.97 Å². The molecule has 1 aromatic carbocycles. The van der Waals surface area contributed by atoms with Crippen molar-refractivity contribution in [1.29, 1.82) is 0 Å². The van der Waals surface area contributed by atoms with E-state index >= 15 is 0 Å². The van der Waals surface area contributed by atoms with Crippen molar-refractivity contribution in [2.45, 2.75) is 6.54 Å². The molecule has 0 atom stereocenters. The Kier molecular flexibility index (Phi) is 3.23. The second-order valence-electron chi connectivity index (χ2n) is 3.98. The highest BCUT2D eigenvalue weighted by Gasteiger charge is 2.10. The van der Waals surface area contributed by atoms with Crippen molar-refractivity contribution in [3.63, 3.8) is 0 Å². The van der Waals surface area contributed by atoms with Crippen LogP contribution < -0.4 is 4.90 Å². The average molecular weight is 247 g/mol. The minimum absolute atomic E-state index is 0.134. The zero-order chi connectivity index (χ0) is 13.1. The van der Waals surface area contributed by atoms with Gasteiger partial charge in [-0.05, 0) is 18.2 Å². The van der Waals surface area contributed by atoms with Gasteiger partial charge in [0.05, 0.1) is 12.1 Å². The fraction of sp³-hybridized carbons (Fsp3) is 0.154. The van der Waals surface area contributed by atoms with E-state index in [0.29, 0.717) is 12.3 Å². The molecule has 2 rings (SSSR count). The van der Waals surface area contributed by atoms with E-state index in [4.69, 9.17) is 9.52 Å². The maximum Gasteiger partial charge on any atom is 0.338 e. The molecule has 1 aromatic heterocycles. The molecule has 0 radical (unpaired) electrons. The number of furan rings is 1. The van der Waals surface area contributed by atoms with Crippen LogP contribution in [0.5, 0.6) is 5.75 Å². The highest BCUT2D eigenvalue weighted by molar-refractivity contribution is 5.87. The third-order valence-corrected chi connectivity index (χ3v) is 2.56. The summed E-state index contributed by atoms with van der Waals surface area (Å²) in [5.74, 6) is -0.270. The topological polar surface area (TPSA) is 73.9 Å². The van der Waals surface area contributed by atoms with Gasteiger partial charge in [0.15, 0.2) is 0 Å². The third kappa shape index (κ3) is 2.63. The largest absolute Gasteiger partial charge is 0.508 e. The SMILES string of the molecule is CN(Cc1cc(C(=O)O)co1)c1cccc(O)c1. The van der Waals surface area contributed by atoms with E-state index in [1.54, 1.807) is 18.2 Å². The predicted octanol–water partition coefficient (Wildman–Crippen LogP) is 2.32. The Hall–Kier alpha value is -2.43. The Labute approximate surface area is 104 Å². The molecule has 5 nitrogen and oxygen atoms in total. The molecular weight excluding hydrogens is 234 g/mol. The lowest BCUT2D eigenvalue weighted by Gasteiger charge is -2.17. The summed E-state index contributed by atoms with van der Waals surface area (Å²) in [5.41, 5.74) is 0.956. The first-order chi connectivity index (χ1) is 8.56. The van der Waals surface area contributed by atoms with Crippen LogP contribution in [0.4, 0.5) is 5.69 Å². The summed E-state index contributed by atoms with van der Waals surface area (Å²) in [5, 5.41) is 18.2. The molecule has 0 unspecified atom stereocenters. The van der Waals surface area contributed by atoms with Crippen LogP contribution in [-0.4, -0.2) is 23.2 Å². The van der Waals surface area contributed by atoms with Crippen LogP contribution in [0.25, 0.3) is 0 Å². The van der Waals surface area contributed by atoms with E-state index in [1.165, 1.54) is 12.3 Å². The van der Waals surface area contributed by atoms with Crippen LogP contribution in [0.2, 0.25) is 0 Å². The van der Waals surface area contributed by atoms with Gasteiger partial charge in [0, 0.05) is 18.8 Å². The van der Waals surface area contributed by atoms with Gasteiger partial charge in [0.2, 0.25) is 0 Å². The standard InChI is InChI=1S/C13H13NO4/c1-14(10-3-2-4-11(15)6-10)7-12-5-9(8-18-12)13(16)17/h2-6,8,15H,7H2,1H3,(H,16,17). The van der Waals surface area contributed by atoms with E-state index in [9.17, 15) is 9.90 Å². The number of aromatic hydroxyl groups is 1. The molecule has 94 valence electrons. The van der Waals surface area contributed by atoms with Gasteiger partial charge in [-0.15, -0.1) is 0 Å². The lowest BCUT2D eigenvalue weighted by atomic mass is 10.2. The van der Waals surface area contributed by atoms with Gasteiger partial charge in [-0.1, -0.05) is 6.07 Å². The van der Waals surface area contributed by atoms with Crippen LogP contribution >= 0.6 is 0 Å². The zero-order valence-electron chi connectivity index (χ0n) is 9.83. The molecule has 2 aromatic rings. The highest BCUT2D eigenvalue weighted by Crippen LogP contribution is 2.21. The van der Waals surface area contributed by atoms with Gasteiger partial charge in [0.25, 0.3) is 0 Å². The number of carbonyl (C=O) groups is 1. The molecule has 0 aliphatic heterocycles. The van der Waals surface area contributed by atoms with E-state index in [1.807, 2.05) is 18.0 Å². The van der Waals surface area contributed by atoms with Gasteiger partial charge < -0.3 is 19.5 Å². The van der Waals surface area contributed by atoms with Crippen molar-refractivity contribution in [2.75, 3.05) is 11.9 Å². The summed E-state index contributed by atoms with van der Waals surface area (Å²) in [6, 6.07) is 8.29. The molecule has 1 heterocycles. The van der Waals surface area contributed by atoms with Gasteiger partial charge in [-0.2, -0.15) is 0 Å². The van der Waals surface area contributed by atoms with Crippen molar-refractivity contribution in [3.05, 3.63) is 47.9 Å². The molecule has 0 amide bonds. The lowest BCUT2D eigenvalue weighted by Crippen LogP contribution is -2.15. The summed E-state index contributed by atoms with van der Waals surface area (Å²) in [6.45, 7) is 0.427. The fourth-order valence-corrected chi connectivity index (χ4v) is 1.63. The molecule has 0 aliphatic rings. The minimum Gasteiger partial charge on any atom is -0.508 e. The van der Waals surface area contributed by atoms with Crippen LogP contribution in [-0.2, 0) is 6.54 Å². The second-order valence-corrected chi connectivity index (χ2v) is 3.98. The number of hydrogen-bond acceptors (Lipinski definition) is 4. The number of aromatic carboxylic acids is 1. The normalized spacial score (nSPS) is 10.3. The summed E-state index contributed by atoms with van der Waals surface area (Å²) in [7, 11) is 1.83. The van der Waals surface area contributed by atoms with Crippen molar-refractivity contribution in [1.82, 2.24) is 0 Å². The summed E-state index contributed by atoms with van der Waals surface area (Å²) < 4.78 is 5.16. The Bertz CT molecular complexity index is 562. The number of hydrogen-bond donors (Lipinski definition) is 2. The fourth-order valence-electron chi connectivity index (χ4n) is 1.63. The van der Waals surface area contributed by atoms with Crippen LogP contribution in [0.1, 0.15) is 16.1 Å². The molecule has 0 saturated carbocycles. The van der Waals surface area contributed by atoms with Crippen molar-refractivity contribution in [2.24, 2.45) is 0 Å². The summed E-state index contributed by atoms with van der Waals surface area (Å²) >= 11 is 0. The Morgan fingerprint density at radius 3 is 2.78 bits per heavy atom. The van der Waals surface area contributed by atoms with Crippen LogP contribution in [0.3, 0.4) is 0 Å². The molecule has 0 fully saturated rings. The highest BCUT2D eigenvalue weighted by atomic mass is 16.4. The average Bonchev–Trinajstić information content (AvgIpc) is 2.77. The first-order valence-electron chi connectivity index (χ1n) is 5.37. The molecule has 5 heteroatoms. The number of phenolic OH excluding ortho intramolecular Hbond substituents is 1. The molecule has 0 bridgehead atoms. The number of carboxylic acids is 1. The number of carboxylic acid groups (broad SMARTS) is 1. The van der Waals surface area contributed by atoms with Gasteiger partial charge >= 0.3 is 5.97 Å². The Morgan fingerprint density at radius 1 is 1.39 bits per heavy atom. The number of rotatable bonds is 4. The van der Waals surface area contributed by atoms with E-state index in [0.717, 1.165) is 5.69 Å². The number of anilines is 1. The summed E-state index contributed by atoms with van der Waals surface area (Å²) in [6.07, 6.45) is 1.22. The molecule has 2 N–H and O–H groups in total. The summed E-state index contributed by atoms with van der Waals surface area (Å²) in [4.78, 5) is 12.6. The smallest absolute Gasteiger partial charge is 0.338 e. The molecule has 18 heavy (non-hydrogen) atoms. The minimum atomic E-state index is -1.01. The monoisotopic (exact) mass is 247 g/mol. The van der Waals surface area contributed by atoms with Crippen molar-refractivity contribution >= 4 is 11.7 Å². The molecular formula is C13H13NO4. The van der Waals surface area contributed by atoms with Crippen molar-refractivity contribution in [3.8, 4) is 5.75 Å². The Morgan fingerprint density at radius 2 is 2.17 bits per heavy atom. The number of phenols is 1. The van der Waals surface area contributed by atoms with Crippen LogP contribution in [0.15, 0.2) is 41.0 Å². The van der Waals surface area contributed by atoms with Gasteiger partial charge in [-0.25, -0.2) is 4.79 Å². The lowest BCUT2D eigenvalue weighted by molar-refractivity contribution is 0.0696. The third-order valence-electron chi connectivity index (χ3n) is 2.56. The second kappa shape index (κ2) is 4.83. The van der Waals surface area contributed by atoms with Gasteiger partial charge in [0.1, 0.15) is 17.8 Å². The molecule has 0 saturated heterocycles. The van der Waals surface area contributed by atoms with Crippen molar-refractivity contribution < 1.29 is 19.4 Å². The van der Waals surface area contributed by atoms with Crippen LogP contribution in [0, 0.1) is 0 Å². The van der Waals surface area contributed by atoms with E-state index in [-0.39, 0.29) is 11.3 Å². The maximum atomic E-state index is 10.7. The van der Waals surface area contributed by atoms with Gasteiger partial charge in [-0.3, -0.25) is 0 Å². The number of benzene rings is 1. The first-order valence-corrected chi connectivity index (χ1v) is 5.37. The molecule has 0 aliphatic carbocycles. The maximum absolute atomic E-state index is 10.7.